The van der Waals surface area contributed by atoms with E-state index in [2.05, 4.69) is 0 Å². The van der Waals surface area contributed by atoms with Crippen molar-refractivity contribution in [2.75, 3.05) is 6.61 Å². The Balaban J connectivity index is 2.53. The Morgan fingerprint density at radius 3 is 2.88 bits per heavy atom. The van der Waals surface area contributed by atoms with E-state index in [4.69, 9.17) is 5.11 Å². The second kappa shape index (κ2) is 2.09. The summed E-state index contributed by atoms with van der Waals surface area (Å²) in [5.41, 5.74) is 0. The molecule has 0 saturated heterocycles. The molecular weight excluding hydrogens is 104 g/mol. The topological polar surface area (TPSA) is 37.3 Å². The summed E-state index contributed by atoms with van der Waals surface area (Å²) in [6.07, 6.45) is 4.05. The van der Waals surface area contributed by atoms with Gasteiger partial charge in [-0.2, -0.15) is 0 Å². The Bertz CT molecular complexity index is 126. The average molecular weight is 112 g/mol. The SMILES string of the molecule is O=C1CC=CC1CO. The molecule has 0 aromatic rings. The Hall–Kier alpha value is -0.630. The van der Waals surface area contributed by atoms with Crippen LogP contribution in [0.5, 0.6) is 0 Å². The minimum Gasteiger partial charge on any atom is -0.395 e. The van der Waals surface area contributed by atoms with Crippen LogP contribution in [0, 0.1) is 5.92 Å². The van der Waals surface area contributed by atoms with Crippen molar-refractivity contribution in [2.45, 2.75) is 6.42 Å². The molecule has 1 atom stereocenters. The molecule has 1 unspecified atom stereocenters. The van der Waals surface area contributed by atoms with Crippen molar-refractivity contribution in [1.29, 1.82) is 0 Å². The van der Waals surface area contributed by atoms with Crippen LogP contribution < -0.4 is 0 Å². The van der Waals surface area contributed by atoms with Crippen molar-refractivity contribution in [3.63, 3.8) is 0 Å². The lowest BCUT2D eigenvalue weighted by molar-refractivity contribution is -0.120. The summed E-state index contributed by atoms with van der Waals surface area (Å²) in [6, 6.07) is 0. The second-order valence-corrected chi connectivity index (χ2v) is 1.89. The van der Waals surface area contributed by atoms with E-state index in [1.54, 1.807) is 12.2 Å². The van der Waals surface area contributed by atoms with Gasteiger partial charge in [0.1, 0.15) is 5.78 Å². The van der Waals surface area contributed by atoms with E-state index in [1.165, 1.54) is 0 Å². The van der Waals surface area contributed by atoms with Gasteiger partial charge in [-0.1, -0.05) is 12.2 Å². The van der Waals surface area contributed by atoms with Crippen molar-refractivity contribution < 1.29 is 9.90 Å². The van der Waals surface area contributed by atoms with Crippen LogP contribution in [-0.2, 0) is 4.79 Å². The van der Waals surface area contributed by atoms with Gasteiger partial charge in [0.25, 0.3) is 0 Å². The zero-order valence-corrected chi connectivity index (χ0v) is 4.50. The number of rotatable bonds is 1. The molecule has 8 heavy (non-hydrogen) atoms. The second-order valence-electron chi connectivity index (χ2n) is 1.89. The zero-order chi connectivity index (χ0) is 5.98. The van der Waals surface area contributed by atoms with E-state index in [0.717, 1.165) is 0 Å². The molecule has 1 N–H and O–H groups in total. The predicted molar refractivity (Wildman–Crippen MR) is 29.3 cm³/mol. The van der Waals surface area contributed by atoms with E-state index in [0.29, 0.717) is 6.42 Å². The van der Waals surface area contributed by atoms with E-state index in [1.807, 2.05) is 0 Å². The molecule has 1 rings (SSSR count). The molecule has 0 bridgehead atoms. The van der Waals surface area contributed by atoms with Crippen LogP contribution in [-0.4, -0.2) is 17.5 Å². The lowest BCUT2D eigenvalue weighted by Crippen LogP contribution is -2.09. The molecule has 0 amide bonds. The van der Waals surface area contributed by atoms with Crippen molar-refractivity contribution in [1.82, 2.24) is 0 Å². The molecule has 0 aliphatic heterocycles. The van der Waals surface area contributed by atoms with Crippen molar-refractivity contribution in [3.8, 4) is 0 Å². The standard InChI is InChI=1S/C6H8O2/c7-4-5-2-1-3-6(5)8/h1-2,5,7H,3-4H2. The number of hydrogen-bond donors (Lipinski definition) is 1. The quantitative estimate of drug-likeness (QED) is 0.489. The maximum absolute atomic E-state index is 10.6. The van der Waals surface area contributed by atoms with Gasteiger partial charge in [-0.15, -0.1) is 0 Å². The number of ketones is 1. The van der Waals surface area contributed by atoms with Crippen LogP contribution in [0.25, 0.3) is 0 Å². The van der Waals surface area contributed by atoms with E-state index < -0.39 is 0 Å². The van der Waals surface area contributed by atoms with Gasteiger partial charge in [0.2, 0.25) is 0 Å². The summed E-state index contributed by atoms with van der Waals surface area (Å²) in [5.74, 6) is -0.0671. The van der Waals surface area contributed by atoms with Gasteiger partial charge in [-0.25, -0.2) is 0 Å². The third kappa shape index (κ3) is 0.793. The Morgan fingerprint density at radius 1 is 1.88 bits per heavy atom. The number of carbonyl (C=O) groups is 1. The summed E-state index contributed by atoms with van der Waals surface area (Å²) in [5, 5.41) is 8.46. The molecule has 0 spiro atoms. The third-order valence-corrected chi connectivity index (χ3v) is 1.30. The molecular formula is C6H8O2. The summed E-state index contributed by atoms with van der Waals surface area (Å²) < 4.78 is 0. The molecule has 0 heterocycles. The van der Waals surface area contributed by atoms with Gasteiger partial charge < -0.3 is 5.11 Å². The van der Waals surface area contributed by atoms with Crippen molar-refractivity contribution >= 4 is 5.78 Å². The first-order chi connectivity index (χ1) is 3.84. The molecule has 2 nitrogen and oxygen atoms in total. The lowest BCUT2D eigenvalue weighted by Gasteiger charge is -1.96. The highest BCUT2D eigenvalue weighted by Gasteiger charge is 2.16. The minimum atomic E-state index is -0.199. The van der Waals surface area contributed by atoms with E-state index >= 15 is 0 Å². The smallest absolute Gasteiger partial charge is 0.145 e. The Kier molecular flexibility index (Phi) is 1.44. The van der Waals surface area contributed by atoms with Crippen LogP contribution >= 0.6 is 0 Å². The first-order valence-electron chi connectivity index (χ1n) is 2.65. The number of Topliss-reactive ketones (excluding diaryl/α,β-unsaturated/α-hetero) is 1. The van der Waals surface area contributed by atoms with Gasteiger partial charge in [0.15, 0.2) is 0 Å². The summed E-state index contributed by atoms with van der Waals surface area (Å²) in [7, 11) is 0. The number of aliphatic hydroxyl groups is 1. The maximum atomic E-state index is 10.6. The van der Waals surface area contributed by atoms with Gasteiger partial charge in [-0.3, -0.25) is 4.79 Å². The molecule has 44 valence electrons. The lowest BCUT2D eigenvalue weighted by atomic mass is 10.1. The van der Waals surface area contributed by atoms with E-state index in [9.17, 15) is 4.79 Å². The molecule has 0 radical (unpaired) electrons. The van der Waals surface area contributed by atoms with Gasteiger partial charge in [0.05, 0.1) is 12.5 Å². The highest BCUT2D eigenvalue weighted by atomic mass is 16.3. The normalized spacial score (nSPS) is 27.1. The number of allylic oxidation sites excluding steroid dienone is 1. The fourth-order valence-corrected chi connectivity index (χ4v) is 0.770. The van der Waals surface area contributed by atoms with Crippen LogP contribution in [0.1, 0.15) is 6.42 Å². The largest absolute Gasteiger partial charge is 0.395 e. The summed E-state index contributed by atoms with van der Waals surface area (Å²) in [6.45, 7) is -0.0324. The molecule has 1 aliphatic rings. The molecule has 2 heteroatoms. The van der Waals surface area contributed by atoms with Crippen molar-refractivity contribution in [2.24, 2.45) is 5.92 Å². The van der Waals surface area contributed by atoms with Crippen molar-refractivity contribution in [3.05, 3.63) is 12.2 Å². The van der Waals surface area contributed by atoms with Gasteiger partial charge in [0, 0.05) is 6.42 Å². The zero-order valence-electron chi connectivity index (χ0n) is 4.50. The number of aliphatic hydroxyl groups excluding tert-OH is 1. The monoisotopic (exact) mass is 112 g/mol. The van der Waals surface area contributed by atoms with Crippen LogP contribution in [0.15, 0.2) is 12.2 Å². The van der Waals surface area contributed by atoms with Crippen LogP contribution in [0.4, 0.5) is 0 Å². The number of hydrogen-bond acceptors (Lipinski definition) is 2. The fourth-order valence-electron chi connectivity index (χ4n) is 0.770. The average Bonchev–Trinajstić information content (AvgIpc) is 2.14. The predicted octanol–water partition coefficient (Wildman–Crippen LogP) is 0.124. The number of carbonyl (C=O) groups excluding carboxylic acids is 1. The first-order valence-corrected chi connectivity index (χ1v) is 2.65. The molecule has 0 fully saturated rings. The molecule has 0 aromatic carbocycles. The summed E-state index contributed by atoms with van der Waals surface area (Å²) >= 11 is 0. The van der Waals surface area contributed by atoms with Crippen LogP contribution in [0.3, 0.4) is 0 Å². The molecule has 1 aliphatic carbocycles. The van der Waals surface area contributed by atoms with E-state index in [-0.39, 0.29) is 18.3 Å². The third-order valence-electron chi connectivity index (χ3n) is 1.30. The highest BCUT2D eigenvalue weighted by Crippen LogP contribution is 2.10. The summed E-state index contributed by atoms with van der Waals surface area (Å²) in [4.78, 5) is 10.6. The Morgan fingerprint density at radius 2 is 2.62 bits per heavy atom. The highest BCUT2D eigenvalue weighted by molar-refractivity contribution is 5.86. The maximum Gasteiger partial charge on any atom is 0.145 e. The molecule has 0 saturated carbocycles. The Labute approximate surface area is 47.8 Å². The van der Waals surface area contributed by atoms with Gasteiger partial charge >= 0.3 is 0 Å². The van der Waals surface area contributed by atoms with Gasteiger partial charge in [-0.05, 0) is 0 Å². The fraction of sp³-hybridized carbons (Fsp3) is 0.500. The van der Waals surface area contributed by atoms with Crippen LogP contribution in [0.2, 0.25) is 0 Å². The minimum absolute atomic E-state index is 0.0324. The molecule has 0 aromatic heterocycles. The first kappa shape index (κ1) is 5.51.